The normalized spacial score (nSPS) is 21.5. The van der Waals surface area contributed by atoms with Gasteiger partial charge in [-0.05, 0) is 18.7 Å². The van der Waals surface area contributed by atoms with Crippen molar-refractivity contribution in [1.29, 1.82) is 0 Å². The molecule has 0 radical (unpaired) electrons. The highest BCUT2D eigenvalue weighted by molar-refractivity contribution is 8.76. The van der Waals surface area contributed by atoms with E-state index in [0.29, 0.717) is 0 Å². The Bertz CT molecular complexity index is 91.7. The van der Waals surface area contributed by atoms with Crippen molar-refractivity contribution in [3.63, 3.8) is 0 Å². The van der Waals surface area contributed by atoms with Crippen LogP contribution in [0.25, 0.3) is 0 Å². The van der Waals surface area contributed by atoms with Crippen LogP contribution in [-0.4, -0.2) is 41.8 Å². The van der Waals surface area contributed by atoms with Gasteiger partial charge in [-0.3, -0.25) is 0 Å². The summed E-state index contributed by atoms with van der Waals surface area (Å²) in [7, 11) is 4.02. The van der Waals surface area contributed by atoms with Gasteiger partial charge in [-0.1, -0.05) is 21.6 Å². The lowest BCUT2D eigenvalue weighted by Crippen LogP contribution is -2.28. The maximum atomic E-state index is 4.21. The number of hydrogen-bond acceptors (Lipinski definition) is 4. The molecule has 1 heterocycles. The first-order chi connectivity index (χ1) is 5.43. The van der Waals surface area contributed by atoms with Gasteiger partial charge in [-0.2, -0.15) is 12.6 Å². The van der Waals surface area contributed by atoms with Crippen LogP contribution >= 0.6 is 34.2 Å². The lowest BCUT2D eigenvalue weighted by Gasteiger charge is -2.17. The quantitative estimate of drug-likeness (QED) is 0.560. The van der Waals surface area contributed by atoms with Gasteiger partial charge < -0.3 is 4.90 Å². The minimum atomic E-state index is 1.02. The first kappa shape index (κ1) is 10.1. The zero-order valence-electron chi connectivity index (χ0n) is 6.66. The number of nitrogens with zero attached hydrogens (tertiary/aromatic N) is 1. The van der Waals surface area contributed by atoms with Crippen LogP contribution < -0.4 is 0 Å². The Hall–Kier alpha value is 1.01. The molecule has 0 aromatic heterocycles. The summed E-state index contributed by atoms with van der Waals surface area (Å²) < 4.78 is 0. The summed E-state index contributed by atoms with van der Waals surface area (Å²) in [5.41, 5.74) is 0. The summed E-state index contributed by atoms with van der Waals surface area (Å²) in [6.07, 6.45) is 1.23. The molecule has 0 atom stereocenters. The fraction of sp³-hybridized carbons (Fsp3) is 1.00. The van der Waals surface area contributed by atoms with E-state index in [9.17, 15) is 0 Å². The van der Waals surface area contributed by atoms with Crippen LogP contribution in [0.1, 0.15) is 6.42 Å². The van der Waals surface area contributed by atoms with Gasteiger partial charge in [0.2, 0.25) is 0 Å². The summed E-state index contributed by atoms with van der Waals surface area (Å²) in [6.45, 7) is 3.78. The van der Waals surface area contributed by atoms with Crippen LogP contribution in [0, 0.1) is 0 Å². The summed E-state index contributed by atoms with van der Waals surface area (Å²) in [4.78, 5) is 2.54. The molecular weight excluding hydrogens is 194 g/mol. The maximum Gasteiger partial charge on any atom is 0.0165 e. The minimum Gasteiger partial charge on any atom is -0.302 e. The highest BCUT2D eigenvalue weighted by atomic mass is 33.1. The zero-order chi connectivity index (χ0) is 7.94. The van der Waals surface area contributed by atoms with Crippen molar-refractivity contribution in [2.45, 2.75) is 6.42 Å². The lowest BCUT2D eigenvalue weighted by molar-refractivity contribution is 0.312. The average molecular weight is 209 g/mol. The smallest absolute Gasteiger partial charge is 0.0165 e. The second-order valence-corrected chi connectivity index (χ2v) is 5.71. The molecule has 0 spiro atoms. The molecule has 0 saturated carbocycles. The molecular formula is C7H15NS3. The third kappa shape index (κ3) is 4.55. The van der Waals surface area contributed by atoms with Crippen LogP contribution in [0.15, 0.2) is 0 Å². The predicted octanol–water partition coefficient (Wildman–Crippen LogP) is 2.00. The van der Waals surface area contributed by atoms with Crippen LogP contribution in [0.4, 0.5) is 0 Å². The summed E-state index contributed by atoms with van der Waals surface area (Å²) in [5, 5.41) is 0. The van der Waals surface area contributed by atoms with Crippen molar-refractivity contribution in [3.8, 4) is 0 Å². The van der Waals surface area contributed by atoms with E-state index >= 15 is 0 Å². The minimum absolute atomic E-state index is 1.02. The van der Waals surface area contributed by atoms with Gasteiger partial charge in [0.1, 0.15) is 0 Å². The van der Waals surface area contributed by atoms with Crippen LogP contribution in [0.2, 0.25) is 0 Å². The second-order valence-electron chi connectivity index (χ2n) is 2.56. The van der Waals surface area contributed by atoms with Crippen molar-refractivity contribution in [3.05, 3.63) is 0 Å². The SMILES string of the molecule is SCCCN1CCSSCC1. The number of thiol groups is 1. The molecule has 1 rings (SSSR count). The molecule has 4 heteroatoms. The Morgan fingerprint density at radius 2 is 1.82 bits per heavy atom. The number of rotatable bonds is 3. The van der Waals surface area contributed by atoms with E-state index in [-0.39, 0.29) is 0 Å². The Kier molecular flexibility index (Phi) is 5.98. The second kappa shape index (κ2) is 6.52. The molecule has 0 aliphatic carbocycles. The van der Waals surface area contributed by atoms with Crippen LogP contribution in [-0.2, 0) is 0 Å². The van der Waals surface area contributed by atoms with Gasteiger partial charge in [-0.25, -0.2) is 0 Å². The first-order valence-corrected chi connectivity index (χ1v) is 7.13. The first-order valence-electron chi connectivity index (χ1n) is 4.01. The highest BCUT2D eigenvalue weighted by Gasteiger charge is 2.07. The third-order valence-corrected chi connectivity index (χ3v) is 4.38. The Labute approximate surface area is 82.5 Å². The van der Waals surface area contributed by atoms with E-state index in [1.165, 1.54) is 37.6 Å². The van der Waals surface area contributed by atoms with Crippen molar-refractivity contribution in [2.75, 3.05) is 36.9 Å². The molecule has 66 valence electrons. The summed E-state index contributed by atoms with van der Waals surface area (Å²) >= 11 is 4.21. The molecule has 0 aromatic rings. The van der Waals surface area contributed by atoms with E-state index in [0.717, 1.165) is 5.75 Å². The number of hydrogen-bond donors (Lipinski definition) is 1. The van der Waals surface area contributed by atoms with Gasteiger partial charge in [0.25, 0.3) is 0 Å². The fourth-order valence-corrected chi connectivity index (χ4v) is 3.28. The zero-order valence-corrected chi connectivity index (χ0v) is 9.19. The third-order valence-electron chi connectivity index (χ3n) is 1.70. The van der Waals surface area contributed by atoms with Gasteiger partial charge in [0.05, 0.1) is 0 Å². The molecule has 1 aliphatic rings. The molecule has 1 fully saturated rings. The predicted molar refractivity (Wildman–Crippen MR) is 59.8 cm³/mol. The average Bonchev–Trinajstić information content (AvgIpc) is 2.28. The summed E-state index contributed by atoms with van der Waals surface area (Å²) in [6, 6.07) is 0. The molecule has 1 nitrogen and oxygen atoms in total. The lowest BCUT2D eigenvalue weighted by atomic mass is 10.4. The van der Waals surface area contributed by atoms with Gasteiger partial charge in [-0.15, -0.1) is 0 Å². The van der Waals surface area contributed by atoms with E-state index in [1.54, 1.807) is 0 Å². The largest absolute Gasteiger partial charge is 0.302 e. The Morgan fingerprint density at radius 1 is 1.18 bits per heavy atom. The van der Waals surface area contributed by atoms with E-state index in [2.05, 4.69) is 17.5 Å². The van der Waals surface area contributed by atoms with Crippen molar-refractivity contribution in [2.24, 2.45) is 0 Å². The molecule has 0 unspecified atom stereocenters. The van der Waals surface area contributed by atoms with Crippen molar-refractivity contribution < 1.29 is 0 Å². The molecule has 0 amide bonds. The Morgan fingerprint density at radius 3 is 2.36 bits per heavy atom. The molecule has 1 aliphatic heterocycles. The van der Waals surface area contributed by atoms with Crippen LogP contribution in [0.5, 0.6) is 0 Å². The van der Waals surface area contributed by atoms with Gasteiger partial charge in [0, 0.05) is 24.6 Å². The fourth-order valence-electron chi connectivity index (χ4n) is 1.08. The molecule has 1 saturated heterocycles. The van der Waals surface area contributed by atoms with Gasteiger partial charge in [0.15, 0.2) is 0 Å². The van der Waals surface area contributed by atoms with E-state index < -0.39 is 0 Å². The van der Waals surface area contributed by atoms with E-state index in [1.807, 2.05) is 21.6 Å². The maximum absolute atomic E-state index is 4.21. The molecule has 0 aromatic carbocycles. The van der Waals surface area contributed by atoms with Crippen molar-refractivity contribution >= 4 is 34.2 Å². The Balaban J connectivity index is 2.09. The summed E-state index contributed by atoms with van der Waals surface area (Å²) in [5.74, 6) is 3.60. The van der Waals surface area contributed by atoms with E-state index in [4.69, 9.17) is 0 Å². The molecule has 0 N–H and O–H groups in total. The monoisotopic (exact) mass is 209 g/mol. The highest BCUT2D eigenvalue weighted by Crippen LogP contribution is 2.23. The molecule has 11 heavy (non-hydrogen) atoms. The van der Waals surface area contributed by atoms with Gasteiger partial charge >= 0.3 is 0 Å². The molecule has 0 bridgehead atoms. The standard InChI is InChI=1S/C7H15NS3/c9-5-1-2-8-3-6-10-11-7-4-8/h9H,1-7H2. The topological polar surface area (TPSA) is 3.24 Å². The van der Waals surface area contributed by atoms with Crippen LogP contribution in [0.3, 0.4) is 0 Å². The van der Waals surface area contributed by atoms with Crippen molar-refractivity contribution in [1.82, 2.24) is 4.90 Å².